The second-order valence-corrected chi connectivity index (χ2v) is 5.10. The molecule has 0 heterocycles. The van der Waals surface area contributed by atoms with Crippen molar-refractivity contribution in [3.8, 4) is 11.1 Å². The summed E-state index contributed by atoms with van der Waals surface area (Å²) in [6.45, 7) is 0. The maximum atomic E-state index is 11.5. The Hall–Kier alpha value is -2.35. The van der Waals surface area contributed by atoms with Crippen molar-refractivity contribution in [2.24, 2.45) is 5.92 Å². The van der Waals surface area contributed by atoms with Crippen molar-refractivity contribution in [1.82, 2.24) is 0 Å². The molecule has 2 atom stereocenters. The van der Waals surface area contributed by atoms with Crippen LogP contribution in [0.4, 0.5) is 0 Å². The molecule has 0 aromatic heterocycles. The molecule has 0 bridgehead atoms. The average Bonchev–Trinajstić information content (AvgIpc) is 2.77. The molecule has 1 N–H and O–H groups in total. The van der Waals surface area contributed by atoms with E-state index < -0.39 is 11.9 Å². The highest BCUT2D eigenvalue weighted by molar-refractivity contribution is 5.89. The smallest absolute Gasteiger partial charge is 0.311 e. The van der Waals surface area contributed by atoms with Gasteiger partial charge in [0.1, 0.15) is 0 Å². The predicted octanol–water partition coefficient (Wildman–Crippen LogP) is 3.53. The number of fused-ring (bicyclic) bond motifs is 3. The first-order chi connectivity index (χ1) is 9.27. The van der Waals surface area contributed by atoms with Gasteiger partial charge >= 0.3 is 5.97 Å². The molecule has 2 aromatic rings. The average molecular weight is 248 g/mol. The number of carbonyl (C=O) groups is 1. The van der Waals surface area contributed by atoms with Gasteiger partial charge in [0.15, 0.2) is 0 Å². The molecule has 0 saturated carbocycles. The maximum absolute atomic E-state index is 11.5. The number of aliphatic carboxylic acids is 1. The van der Waals surface area contributed by atoms with E-state index in [-0.39, 0.29) is 5.92 Å². The topological polar surface area (TPSA) is 37.3 Å². The van der Waals surface area contributed by atoms with Gasteiger partial charge in [-0.15, -0.1) is 0 Å². The summed E-state index contributed by atoms with van der Waals surface area (Å²) in [7, 11) is 0. The van der Waals surface area contributed by atoms with Crippen LogP contribution in [-0.2, 0) is 4.79 Å². The molecule has 4 rings (SSSR count). The first kappa shape index (κ1) is 10.6. The summed E-state index contributed by atoms with van der Waals surface area (Å²) >= 11 is 0. The number of rotatable bonds is 1. The van der Waals surface area contributed by atoms with Crippen molar-refractivity contribution in [3.63, 3.8) is 0 Å². The van der Waals surface area contributed by atoms with Gasteiger partial charge in [0.2, 0.25) is 0 Å². The quantitative estimate of drug-likeness (QED) is 0.838. The Labute approximate surface area is 111 Å². The highest BCUT2D eigenvalue weighted by atomic mass is 16.4. The van der Waals surface area contributed by atoms with Gasteiger partial charge in [-0.3, -0.25) is 4.79 Å². The Morgan fingerprint density at radius 2 is 1.79 bits per heavy atom. The molecule has 2 aliphatic carbocycles. The molecule has 0 amide bonds. The molecule has 2 unspecified atom stereocenters. The molecular formula is C17H12O2. The third-order valence-electron chi connectivity index (χ3n) is 4.16. The molecule has 0 spiro atoms. The molecule has 19 heavy (non-hydrogen) atoms. The molecule has 2 aliphatic rings. The molecule has 0 aliphatic heterocycles. The van der Waals surface area contributed by atoms with Crippen LogP contribution >= 0.6 is 0 Å². The fraction of sp³-hybridized carbons (Fsp3) is 0.118. The van der Waals surface area contributed by atoms with Gasteiger partial charge in [0.25, 0.3) is 0 Å². The molecule has 0 saturated heterocycles. The van der Waals surface area contributed by atoms with Crippen LogP contribution in [0.2, 0.25) is 0 Å². The van der Waals surface area contributed by atoms with E-state index in [2.05, 4.69) is 24.3 Å². The first-order valence-electron chi connectivity index (χ1n) is 6.40. The van der Waals surface area contributed by atoms with E-state index in [4.69, 9.17) is 0 Å². The van der Waals surface area contributed by atoms with Gasteiger partial charge in [-0.25, -0.2) is 0 Å². The number of carboxylic acid groups (broad SMARTS) is 1. The van der Waals surface area contributed by atoms with Crippen LogP contribution in [0.1, 0.15) is 22.6 Å². The SMILES string of the molecule is O=C(O)C1C=Cc2cccc3c2C1c1ccccc1-3. The van der Waals surface area contributed by atoms with Crippen LogP contribution in [0.25, 0.3) is 17.2 Å². The van der Waals surface area contributed by atoms with Crippen molar-refractivity contribution in [1.29, 1.82) is 0 Å². The number of hydrogen-bond acceptors (Lipinski definition) is 1. The van der Waals surface area contributed by atoms with Crippen LogP contribution in [0.3, 0.4) is 0 Å². The summed E-state index contributed by atoms with van der Waals surface area (Å²) < 4.78 is 0. The van der Waals surface area contributed by atoms with Crippen LogP contribution in [0.15, 0.2) is 48.5 Å². The predicted molar refractivity (Wildman–Crippen MR) is 73.9 cm³/mol. The van der Waals surface area contributed by atoms with Crippen molar-refractivity contribution in [2.45, 2.75) is 5.92 Å². The maximum Gasteiger partial charge on any atom is 0.311 e. The summed E-state index contributed by atoms with van der Waals surface area (Å²) in [4.78, 5) is 11.5. The van der Waals surface area contributed by atoms with E-state index in [0.29, 0.717) is 0 Å². The Kier molecular flexibility index (Phi) is 1.99. The van der Waals surface area contributed by atoms with Crippen molar-refractivity contribution in [2.75, 3.05) is 0 Å². The zero-order valence-corrected chi connectivity index (χ0v) is 10.2. The summed E-state index contributed by atoms with van der Waals surface area (Å²) in [5.41, 5.74) is 5.84. The van der Waals surface area contributed by atoms with Crippen LogP contribution in [0, 0.1) is 5.92 Å². The fourth-order valence-electron chi connectivity index (χ4n) is 3.40. The lowest BCUT2D eigenvalue weighted by molar-refractivity contribution is -0.140. The highest BCUT2D eigenvalue weighted by Crippen LogP contribution is 2.51. The van der Waals surface area contributed by atoms with Crippen molar-refractivity contribution in [3.05, 3.63) is 65.2 Å². The van der Waals surface area contributed by atoms with E-state index in [9.17, 15) is 9.90 Å². The van der Waals surface area contributed by atoms with Crippen LogP contribution in [-0.4, -0.2) is 11.1 Å². The fourth-order valence-corrected chi connectivity index (χ4v) is 3.40. The van der Waals surface area contributed by atoms with E-state index in [1.807, 2.05) is 30.4 Å². The molecule has 0 radical (unpaired) electrons. The third-order valence-corrected chi connectivity index (χ3v) is 4.16. The van der Waals surface area contributed by atoms with Gasteiger partial charge in [-0.05, 0) is 27.8 Å². The van der Waals surface area contributed by atoms with Gasteiger partial charge < -0.3 is 5.11 Å². The lowest BCUT2D eigenvalue weighted by Gasteiger charge is -2.24. The largest absolute Gasteiger partial charge is 0.481 e. The second-order valence-electron chi connectivity index (χ2n) is 5.10. The lowest BCUT2D eigenvalue weighted by atomic mass is 9.78. The zero-order valence-electron chi connectivity index (χ0n) is 10.2. The minimum Gasteiger partial charge on any atom is -0.481 e. The number of hydrogen-bond donors (Lipinski definition) is 1. The van der Waals surface area contributed by atoms with E-state index >= 15 is 0 Å². The normalized spacial score (nSPS) is 21.9. The zero-order chi connectivity index (χ0) is 13.0. The molecule has 2 heteroatoms. The van der Waals surface area contributed by atoms with Gasteiger partial charge in [-0.1, -0.05) is 54.6 Å². The monoisotopic (exact) mass is 248 g/mol. The van der Waals surface area contributed by atoms with E-state index in [1.165, 1.54) is 16.7 Å². The van der Waals surface area contributed by atoms with Gasteiger partial charge in [0, 0.05) is 5.92 Å². The highest BCUT2D eigenvalue weighted by Gasteiger charge is 2.39. The minimum absolute atomic E-state index is 0.0371. The van der Waals surface area contributed by atoms with Gasteiger partial charge in [0.05, 0.1) is 5.92 Å². The Morgan fingerprint density at radius 1 is 1.00 bits per heavy atom. The van der Waals surface area contributed by atoms with E-state index in [1.54, 1.807) is 0 Å². The van der Waals surface area contributed by atoms with Crippen molar-refractivity contribution < 1.29 is 9.90 Å². The van der Waals surface area contributed by atoms with Crippen LogP contribution < -0.4 is 0 Å². The Morgan fingerprint density at radius 3 is 2.63 bits per heavy atom. The summed E-state index contributed by atoms with van der Waals surface area (Å²) in [5.74, 6) is -1.25. The number of benzene rings is 2. The second kappa shape index (κ2) is 3.58. The molecule has 0 fully saturated rings. The lowest BCUT2D eigenvalue weighted by Crippen LogP contribution is -2.22. The summed E-state index contributed by atoms with van der Waals surface area (Å²) in [6.07, 6.45) is 3.77. The van der Waals surface area contributed by atoms with Crippen molar-refractivity contribution >= 4 is 12.0 Å². The van der Waals surface area contributed by atoms with E-state index in [0.717, 1.165) is 11.1 Å². The summed E-state index contributed by atoms with van der Waals surface area (Å²) in [5, 5.41) is 9.46. The Balaban J connectivity index is 2.07. The standard InChI is InChI=1S/C17H12O2/c18-17(19)14-9-8-10-4-3-7-12-11-5-1-2-6-13(11)16(14)15(10)12/h1-9,14,16H,(H,18,19). The minimum atomic E-state index is -0.751. The first-order valence-corrected chi connectivity index (χ1v) is 6.40. The van der Waals surface area contributed by atoms with Crippen LogP contribution in [0.5, 0.6) is 0 Å². The third kappa shape index (κ3) is 1.28. The number of carboxylic acids is 1. The van der Waals surface area contributed by atoms with Gasteiger partial charge in [-0.2, -0.15) is 0 Å². The molecule has 92 valence electrons. The molecular weight excluding hydrogens is 236 g/mol. The Bertz CT molecular complexity index is 728. The molecule has 2 aromatic carbocycles. The molecule has 2 nitrogen and oxygen atoms in total. The summed E-state index contributed by atoms with van der Waals surface area (Å²) in [6, 6.07) is 14.3.